The Morgan fingerprint density at radius 1 is 1.03 bits per heavy atom. The van der Waals surface area contributed by atoms with Crippen molar-refractivity contribution in [2.45, 2.75) is 77.9 Å². The van der Waals surface area contributed by atoms with Crippen LogP contribution in [0.5, 0.6) is 0 Å². The minimum absolute atomic E-state index is 0.0677. The van der Waals surface area contributed by atoms with Crippen molar-refractivity contribution in [3.8, 4) is 0 Å². The highest BCUT2D eigenvalue weighted by Gasteiger charge is 2.31. The molecule has 2 aliphatic rings. The molecular formula is C23H39N3O6. The molecule has 32 heavy (non-hydrogen) atoms. The van der Waals surface area contributed by atoms with Crippen LogP contribution in [-0.4, -0.2) is 78.6 Å². The number of nitrogens with one attached hydrogen (secondary N) is 1. The van der Waals surface area contributed by atoms with Gasteiger partial charge in [0.05, 0.1) is 13.0 Å². The molecule has 0 spiro atoms. The first-order chi connectivity index (χ1) is 15.0. The lowest BCUT2D eigenvalue weighted by molar-refractivity contribution is -0.146. The number of likely N-dealkylation sites (tertiary alicyclic amines) is 2. The lowest BCUT2D eigenvalue weighted by Gasteiger charge is -2.34. The highest BCUT2D eigenvalue weighted by Crippen LogP contribution is 2.25. The molecule has 0 aromatic carbocycles. The number of hydrogen-bond acceptors (Lipinski definition) is 6. The fourth-order valence-corrected chi connectivity index (χ4v) is 4.20. The number of ether oxygens (including phenoxy) is 2. The summed E-state index contributed by atoms with van der Waals surface area (Å²) in [6.45, 7) is 9.51. The molecule has 182 valence electrons. The molecule has 2 heterocycles. The summed E-state index contributed by atoms with van der Waals surface area (Å²) in [4.78, 5) is 52.5. The smallest absolute Gasteiger partial charge is 0.410 e. The van der Waals surface area contributed by atoms with Crippen LogP contribution in [0, 0.1) is 11.8 Å². The fourth-order valence-electron chi connectivity index (χ4n) is 4.20. The van der Waals surface area contributed by atoms with Crippen molar-refractivity contribution in [3.05, 3.63) is 0 Å². The van der Waals surface area contributed by atoms with E-state index in [1.54, 1.807) is 16.7 Å². The fraction of sp³-hybridized carbons (Fsp3) is 0.826. The quantitative estimate of drug-likeness (QED) is 0.619. The maximum Gasteiger partial charge on any atom is 0.410 e. The number of methoxy groups -OCH3 is 1. The molecule has 9 heteroatoms. The van der Waals surface area contributed by atoms with Gasteiger partial charge in [0.2, 0.25) is 11.8 Å². The summed E-state index contributed by atoms with van der Waals surface area (Å²) in [7, 11) is 1.29. The number of carbonyl (C=O) groups excluding carboxylic acids is 4. The minimum Gasteiger partial charge on any atom is -0.467 e. The van der Waals surface area contributed by atoms with Crippen molar-refractivity contribution in [2.24, 2.45) is 11.8 Å². The molecule has 0 aromatic rings. The number of hydrogen-bond donors (Lipinski definition) is 1. The molecule has 0 aromatic heterocycles. The predicted molar refractivity (Wildman–Crippen MR) is 119 cm³/mol. The second-order valence-electron chi connectivity index (χ2n) is 9.88. The van der Waals surface area contributed by atoms with E-state index in [1.165, 1.54) is 7.11 Å². The highest BCUT2D eigenvalue weighted by molar-refractivity contribution is 5.86. The van der Waals surface area contributed by atoms with Gasteiger partial charge in [-0.2, -0.15) is 0 Å². The van der Waals surface area contributed by atoms with Gasteiger partial charge in [0.25, 0.3) is 0 Å². The maximum absolute atomic E-state index is 12.8. The number of amides is 3. The van der Waals surface area contributed by atoms with E-state index in [1.807, 2.05) is 20.8 Å². The molecule has 0 radical (unpaired) electrons. The molecule has 2 fully saturated rings. The van der Waals surface area contributed by atoms with Crippen LogP contribution in [0.3, 0.4) is 0 Å². The Bertz CT molecular complexity index is 682. The summed E-state index contributed by atoms with van der Waals surface area (Å²) in [6, 6.07) is -0.704. The highest BCUT2D eigenvalue weighted by atomic mass is 16.6. The first-order valence-corrected chi connectivity index (χ1v) is 11.6. The summed E-state index contributed by atoms with van der Waals surface area (Å²) < 4.78 is 10.1. The molecule has 0 bridgehead atoms. The van der Waals surface area contributed by atoms with E-state index in [-0.39, 0.29) is 23.8 Å². The van der Waals surface area contributed by atoms with E-state index >= 15 is 0 Å². The van der Waals surface area contributed by atoms with Gasteiger partial charge in [0.1, 0.15) is 11.6 Å². The molecular weight excluding hydrogens is 414 g/mol. The van der Waals surface area contributed by atoms with Crippen molar-refractivity contribution in [1.82, 2.24) is 15.1 Å². The zero-order valence-electron chi connectivity index (χ0n) is 20.1. The van der Waals surface area contributed by atoms with Crippen molar-refractivity contribution < 1.29 is 28.7 Å². The summed E-state index contributed by atoms with van der Waals surface area (Å²) in [6.07, 6.45) is 4.16. The monoisotopic (exact) mass is 453 g/mol. The number of carbonyl (C=O) groups is 4. The SMILES string of the molecule is COC(=O)[C@H](C)NC(=O)C1CCCN(C(=O)CCC2CCN(C(=O)OC(C)(C)C)CC2)C1. The second-order valence-corrected chi connectivity index (χ2v) is 9.88. The molecule has 1 N–H and O–H groups in total. The number of piperidine rings is 2. The van der Waals surface area contributed by atoms with E-state index in [4.69, 9.17) is 4.74 Å². The van der Waals surface area contributed by atoms with Gasteiger partial charge < -0.3 is 24.6 Å². The number of nitrogens with zero attached hydrogens (tertiary/aromatic N) is 2. The standard InChI is InChI=1S/C23H39N3O6/c1-16(21(29)31-5)24-20(28)18-7-6-12-26(15-18)19(27)9-8-17-10-13-25(14-11-17)22(30)32-23(2,3)4/h16-18H,6-15H2,1-5H3,(H,24,28)/t16-,18?/m0/s1. The number of esters is 1. The van der Waals surface area contributed by atoms with Crippen LogP contribution in [0.25, 0.3) is 0 Å². The summed E-state index contributed by atoms with van der Waals surface area (Å²) in [5.74, 6) is -0.535. The Hall–Kier alpha value is -2.32. The Morgan fingerprint density at radius 3 is 2.28 bits per heavy atom. The molecule has 9 nitrogen and oxygen atoms in total. The van der Waals surface area contributed by atoms with E-state index in [0.717, 1.165) is 25.7 Å². The second kappa shape index (κ2) is 11.5. The van der Waals surface area contributed by atoms with Crippen LogP contribution in [0.4, 0.5) is 4.79 Å². The van der Waals surface area contributed by atoms with Gasteiger partial charge in [0.15, 0.2) is 0 Å². The third-order valence-corrected chi connectivity index (χ3v) is 6.09. The summed E-state index contributed by atoms with van der Waals surface area (Å²) in [5.41, 5.74) is -0.499. The Balaban J connectivity index is 1.73. The predicted octanol–water partition coefficient (Wildman–Crippen LogP) is 2.33. The van der Waals surface area contributed by atoms with Crippen molar-refractivity contribution >= 4 is 23.9 Å². The van der Waals surface area contributed by atoms with Gasteiger partial charge in [-0.15, -0.1) is 0 Å². The number of rotatable bonds is 6. The van der Waals surface area contributed by atoms with Crippen LogP contribution in [0.1, 0.15) is 66.2 Å². The molecule has 1 unspecified atom stereocenters. The molecule has 3 amide bonds. The average molecular weight is 454 g/mol. The van der Waals surface area contributed by atoms with Crippen molar-refractivity contribution in [2.75, 3.05) is 33.3 Å². The Labute approximate surface area is 191 Å². The van der Waals surface area contributed by atoms with Crippen LogP contribution >= 0.6 is 0 Å². The van der Waals surface area contributed by atoms with Gasteiger partial charge in [-0.3, -0.25) is 9.59 Å². The van der Waals surface area contributed by atoms with Crippen LogP contribution in [-0.2, 0) is 23.9 Å². The van der Waals surface area contributed by atoms with Crippen LogP contribution in [0.15, 0.2) is 0 Å². The molecule has 0 aliphatic carbocycles. The van der Waals surface area contributed by atoms with Gasteiger partial charge in [0, 0.05) is 32.6 Å². The first kappa shape index (κ1) is 25.9. The average Bonchev–Trinajstić information content (AvgIpc) is 2.76. The van der Waals surface area contributed by atoms with Crippen molar-refractivity contribution in [3.63, 3.8) is 0 Å². The van der Waals surface area contributed by atoms with Gasteiger partial charge in [-0.05, 0) is 65.7 Å². The largest absolute Gasteiger partial charge is 0.467 e. The molecule has 2 rings (SSSR count). The Morgan fingerprint density at radius 2 is 1.69 bits per heavy atom. The van der Waals surface area contributed by atoms with Crippen molar-refractivity contribution in [1.29, 1.82) is 0 Å². The Kier molecular flexibility index (Phi) is 9.33. The molecule has 2 saturated heterocycles. The first-order valence-electron chi connectivity index (χ1n) is 11.6. The van der Waals surface area contributed by atoms with E-state index in [2.05, 4.69) is 10.1 Å². The van der Waals surface area contributed by atoms with E-state index in [0.29, 0.717) is 44.9 Å². The van der Waals surface area contributed by atoms with E-state index in [9.17, 15) is 19.2 Å². The topological polar surface area (TPSA) is 105 Å². The lowest BCUT2D eigenvalue weighted by Crippen LogP contribution is -2.48. The molecule has 2 atom stereocenters. The maximum atomic E-state index is 12.8. The zero-order chi connectivity index (χ0) is 23.9. The summed E-state index contributed by atoms with van der Waals surface area (Å²) >= 11 is 0. The third-order valence-electron chi connectivity index (χ3n) is 6.09. The van der Waals surface area contributed by atoms with Crippen LogP contribution in [0.2, 0.25) is 0 Å². The van der Waals surface area contributed by atoms with E-state index < -0.39 is 17.6 Å². The minimum atomic E-state index is -0.704. The van der Waals surface area contributed by atoms with Gasteiger partial charge >= 0.3 is 12.1 Å². The molecule has 0 saturated carbocycles. The molecule has 2 aliphatic heterocycles. The summed E-state index contributed by atoms with van der Waals surface area (Å²) in [5, 5.41) is 2.68. The van der Waals surface area contributed by atoms with Gasteiger partial charge in [-0.1, -0.05) is 0 Å². The normalized spacial score (nSPS) is 21.0. The van der Waals surface area contributed by atoms with Gasteiger partial charge in [-0.25, -0.2) is 9.59 Å². The zero-order valence-corrected chi connectivity index (χ0v) is 20.1. The lowest BCUT2D eigenvalue weighted by atomic mass is 9.91. The third kappa shape index (κ3) is 7.98. The van der Waals surface area contributed by atoms with Crippen LogP contribution < -0.4 is 5.32 Å².